The Bertz CT molecular complexity index is 429. The maximum Gasteiger partial charge on any atom is 0.270 e. The summed E-state index contributed by atoms with van der Waals surface area (Å²) in [5.41, 5.74) is 4.86. The molecule has 0 bridgehead atoms. The fraction of sp³-hybridized carbons (Fsp3) is 0.667. The highest BCUT2D eigenvalue weighted by Gasteiger charge is 2.16. The number of hydrogen-bond donors (Lipinski definition) is 1. The van der Waals surface area contributed by atoms with Crippen LogP contribution in [0.2, 0.25) is 0 Å². The van der Waals surface area contributed by atoms with E-state index in [0.717, 1.165) is 0 Å². The van der Waals surface area contributed by atoms with Crippen LogP contribution in [-0.4, -0.2) is 35.6 Å². The Balaban J connectivity index is 2.65. The number of hydrogen-bond acceptors (Lipinski definition) is 5. The van der Waals surface area contributed by atoms with Gasteiger partial charge in [-0.15, -0.1) is 0 Å². The fourth-order valence-electron chi connectivity index (χ4n) is 1.32. The van der Waals surface area contributed by atoms with Gasteiger partial charge in [-0.3, -0.25) is 4.79 Å². The third-order valence-electron chi connectivity index (χ3n) is 2.71. The van der Waals surface area contributed by atoms with Crippen LogP contribution in [0.4, 0.5) is 0 Å². The monoisotopic (exact) mass is 255 g/mol. The van der Waals surface area contributed by atoms with Crippen molar-refractivity contribution in [2.45, 2.75) is 32.4 Å². The molecule has 0 amide bonds. The third-order valence-corrected chi connectivity index (χ3v) is 2.71. The molecule has 18 heavy (non-hydrogen) atoms. The molecule has 0 saturated carbocycles. The molecular formula is C12H21N3O3. The molecule has 1 rings (SSSR count). The number of aryl methyl sites for hydroxylation is 1. The van der Waals surface area contributed by atoms with Crippen LogP contribution in [0, 0.1) is 0 Å². The lowest BCUT2D eigenvalue weighted by Gasteiger charge is -2.22. The van der Waals surface area contributed by atoms with Crippen LogP contribution < -0.4 is 16.0 Å². The Kier molecular flexibility index (Phi) is 5.30. The second kappa shape index (κ2) is 6.51. The smallest absolute Gasteiger partial charge is 0.270 e. The molecule has 0 aliphatic carbocycles. The number of aromatic nitrogens is 2. The highest BCUT2D eigenvalue weighted by atomic mass is 16.5. The molecule has 0 aliphatic rings. The van der Waals surface area contributed by atoms with Gasteiger partial charge in [-0.25, -0.2) is 4.68 Å². The zero-order valence-electron chi connectivity index (χ0n) is 11.2. The van der Waals surface area contributed by atoms with E-state index in [2.05, 4.69) is 5.10 Å². The van der Waals surface area contributed by atoms with Crippen LogP contribution in [0.25, 0.3) is 0 Å². The number of methoxy groups -OCH3 is 1. The van der Waals surface area contributed by atoms with Gasteiger partial charge in [-0.1, -0.05) is 0 Å². The van der Waals surface area contributed by atoms with Crippen LogP contribution in [0.1, 0.15) is 20.3 Å². The van der Waals surface area contributed by atoms with Gasteiger partial charge in [-0.2, -0.15) is 5.10 Å². The van der Waals surface area contributed by atoms with Crippen LogP contribution in [0.5, 0.6) is 5.75 Å². The highest BCUT2D eigenvalue weighted by molar-refractivity contribution is 5.13. The topological polar surface area (TPSA) is 79.4 Å². The summed E-state index contributed by atoms with van der Waals surface area (Å²) in [6, 6.07) is 1.42. The van der Waals surface area contributed by atoms with Crippen molar-refractivity contribution in [3.63, 3.8) is 0 Å². The molecule has 0 aliphatic heterocycles. The summed E-state index contributed by atoms with van der Waals surface area (Å²) < 4.78 is 11.9. The highest BCUT2D eigenvalue weighted by Crippen LogP contribution is 2.13. The second-order valence-electron chi connectivity index (χ2n) is 4.60. The van der Waals surface area contributed by atoms with E-state index in [0.29, 0.717) is 31.9 Å². The van der Waals surface area contributed by atoms with Gasteiger partial charge in [0, 0.05) is 26.3 Å². The van der Waals surface area contributed by atoms with Gasteiger partial charge in [0.05, 0.1) is 11.8 Å². The van der Waals surface area contributed by atoms with Gasteiger partial charge in [0.2, 0.25) is 0 Å². The standard InChI is InChI=1S/C12H21N3O3/c1-12(2,17-3)4-6-15-11(16)8-10(9-14-15)18-7-5-13/h8-9H,4-7,13H2,1-3H3. The third kappa shape index (κ3) is 4.46. The summed E-state index contributed by atoms with van der Waals surface area (Å²) in [4.78, 5) is 11.8. The molecule has 0 radical (unpaired) electrons. The normalized spacial score (nSPS) is 11.6. The number of nitrogens with two attached hydrogens (primary N) is 1. The molecule has 6 nitrogen and oxygen atoms in total. The van der Waals surface area contributed by atoms with Crippen molar-refractivity contribution in [2.24, 2.45) is 5.73 Å². The molecular weight excluding hydrogens is 234 g/mol. The lowest BCUT2D eigenvalue weighted by atomic mass is 10.1. The van der Waals surface area contributed by atoms with E-state index in [1.165, 1.54) is 16.9 Å². The van der Waals surface area contributed by atoms with Crippen molar-refractivity contribution in [3.05, 3.63) is 22.6 Å². The SMILES string of the molecule is COC(C)(C)CCn1ncc(OCCN)cc1=O. The molecule has 1 heterocycles. The second-order valence-corrected chi connectivity index (χ2v) is 4.60. The van der Waals surface area contributed by atoms with Crippen LogP contribution in [0.3, 0.4) is 0 Å². The lowest BCUT2D eigenvalue weighted by molar-refractivity contribution is 0.0110. The van der Waals surface area contributed by atoms with E-state index in [9.17, 15) is 4.79 Å². The van der Waals surface area contributed by atoms with E-state index >= 15 is 0 Å². The zero-order chi connectivity index (χ0) is 13.6. The fourth-order valence-corrected chi connectivity index (χ4v) is 1.32. The lowest BCUT2D eigenvalue weighted by Crippen LogP contribution is -2.29. The van der Waals surface area contributed by atoms with Gasteiger partial charge in [0.25, 0.3) is 5.56 Å². The van der Waals surface area contributed by atoms with Gasteiger partial charge < -0.3 is 15.2 Å². The molecule has 0 atom stereocenters. The van der Waals surface area contributed by atoms with Crippen LogP contribution in [-0.2, 0) is 11.3 Å². The minimum absolute atomic E-state index is 0.184. The van der Waals surface area contributed by atoms with Crippen molar-refractivity contribution >= 4 is 0 Å². The Hall–Kier alpha value is -1.40. The number of rotatable bonds is 7. The summed E-state index contributed by atoms with van der Waals surface area (Å²) in [6.07, 6.45) is 2.23. The number of nitrogens with zero attached hydrogens (tertiary/aromatic N) is 2. The van der Waals surface area contributed by atoms with Gasteiger partial charge >= 0.3 is 0 Å². The maximum atomic E-state index is 11.8. The molecule has 1 aromatic rings. The molecule has 102 valence electrons. The van der Waals surface area contributed by atoms with Crippen molar-refractivity contribution in [1.82, 2.24) is 9.78 Å². The first-order chi connectivity index (χ1) is 8.48. The molecule has 0 unspecified atom stereocenters. The van der Waals surface area contributed by atoms with Gasteiger partial charge in [-0.05, 0) is 20.3 Å². The molecule has 0 spiro atoms. The van der Waals surface area contributed by atoms with Crippen molar-refractivity contribution in [3.8, 4) is 5.75 Å². The average molecular weight is 255 g/mol. The Morgan fingerprint density at radius 3 is 2.78 bits per heavy atom. The summed E-state index contributed by atoms with van der Waals surface area (Å²) in [7, 11) is 1.65. The molecule has 1 aromatic heterocycles. The summed E-state index contributed by atoms with van der Waals surface area (Å²) in [6.45, 7) is 5.23. The van der Waals surface area contributed by atoms with Crippen molar-refractivity contribution < 1.29 is 9.47 Å². The average Bonchev–Trinajstić information content (AvgIpc) is 2.35. The molecule has 0 aromatic carbocycles. The Labute approximate surface area is 107 Å². The van der Waals surface area contributed by atoms with E-state index in [1.807, 2.05) is 13.8 Å². The minimum Gasteiger partial charge on any atom is -0.490 e. The maximum absolute atomic E-state index is 11.8. The van der Waals surface area contributed by atoms with E-state index in [-0.39, 0.29) is 11.2 Å². The first kappa shape index (κ1) is 14.7. The van der Waals surface area contributed by atoms with E-state index < -0.39 is 0 Å². The van der Waals surface area contributed by atoms with Crippen molar-refractivity contribution in [2.75, 3.05) is 20.3 Å². The Morgan fingerprint density at radius 1 is 1.50 bits per heavy atom. The predicted octanol–water partition coefficient (Wildman–Crippen LogP) is 0.396. The molecule has 0 fully saturated rings. The predicted molar refractivity (Wildman–Crippen MR) is 68.8 cm³/mol. The quantitative estimate of drug-likeness (QED) is 0.762. The van der Waals surface area contributed by atoms with Gasteiger partial charge in [0.1, 0.15) is 12.4 Å². The number of ether oxygens (including phenoxy) is 2. The largest absolute Gasteiger partial charge is 0.490 e. The van der Waals surface area contributed by atoms with E-state index in [1.54, 1.807) is 7.11 Å². The minimum atomic E-state index is -0.268. The summed E-state index contributed by atoms with van der Waals surface area (Å²) >= 11 is 0. The Morgan fingerprint density at radius 2 is 2.22 bits per heavy atom. The molecule has 2 N–H and O–H groups in total. The summed E-state index contributed by atoms with van der Waals surface area (Å²) in [5, 5.41) is 4.05. The van der Waals surface area contributed by atoms with Crippen LogP contribution >= 0.6 is 0 Å². The molecule has 0 saturated heterocycles. The first-order valence-electron chi connectivity index (χ1n) is 5.94. The van der Waals surface area contributed by atoms with Crippen LogP contribution in [0.15, 0.2) is 17.1 Å². The van der Waals surface area contributed by atoms with Crippen molar-refractivity contribution in [1.29, 1.82) is 0 Å². The zero-order valence-corrected chi connectivity index (χ0v) is 11.2. The van der Waals surface area contributed by atoms with Gasteiger partial charge in [0.15, 0.2) is 0 Å². The summed E-state index contributed by atoms with van der Waals surface area (Å²) in [5.74, 6) is 0.452. The molecule has 6 heteroatoms. The first-order valence-corrected chi connectivity index (χ1v) is 5.94. The van der Waals surface area contributed by atoms with E-state index in [4.69, 9.17) is 15.2 Å².